The number of nitrogens with one attached hydrogen (secondary N) is 3. The predicted octanol–water partition coefficient (Wildman–Crippen LogP) is 2.12. The third-order valence-corrected chi connectivity index (χ3v) is 3.81. The van der Waals surface area contributed by atoms with Gasteiger partial charge in [-0.3, -0.25) is 9.59 Å². The highest BCUT2D eigenvalue weighted by Gasteiger charge is 2.08. The SMILES string of the molecule is COC(=O)CNC(=O)c1ccc(NC(=S)NCCc2ccccc2)cc1. The summed E-state index contributed by atoms with van der Waals surface area (Å²) in [5, 5.41) is 9.21. The monoisotopic (exact) mass is 371 g/mol. The standard InChI is InChI=1S/C19H21N3O3S/c1-25-17(23)13-21-18(24)15-7-9-16(10-8-15)22-19(26)20-12-11-14-5-3-2-4-6-14/h2-10H,11-13H2,1H3,(H,21,24)(H2,20,22,26). The van der Waals surface area contributed by atoms with E-state index in [1.54, 1.807) is 24.3 Å². The molecule has 0 saturated heterocycles. The topological polar surface area (TPSA) is 79.5 Å². The van der Waals surface area contributed by atoms with E-state index in [0.717, 1.165) is 18.7 Å². The van der Waals surface area contributed by atoms with Crippen LogP contribution in [0.3, 0.4) is 0 Å². The smallest absolute Gasteiger partial charge is 0.325 e. The number of hydrogen-bond donors (Lipinski definition) is 3. The Balaban J connectivity index is 1.76. The molecular formula is C19H21N3O3S. The molecule has 1 amide bonds. The molecule has 0 radical (unpaired) electrons. The van der Waals surface area contributed by atoms with E-state index in [2.05, 4.69) is 32.8 Å². The van der Waals surface area contributed by atoms with Gasteiger partial charge in [0, 0.05) is 17.8 Å². The summed E-state index contributed by atoms with van der Waals surface area (Å²) in [7, 11) is 1.27. The average Bonchev–Trinajstić information content (AvgIpc) is 2.67. The largest absolute Gasteiger partial charge is 0.468 e. The fourth-order valence-electron chi connectivity index (χ4n) is 2.17. The molecular weight excluding hydrogens is 350 g/mol. The van der Waals surface area contributed by atoms with Gasteiger partial charge in [-0.05, 0) is 48.5 Å². The number of esters is 1. The van der Waals surface area contributed by atoms with Gasteiger partial charge in [-0.1, -0.05) is 30.3 Å². The number of anilines is 1. The van der Waals surface area contributed by atoms with Gasteiger partial charge in [-0.15, -0.1) is 0 Å². The summed E-state index contributed by atoms with van der Waals surface area (Å²) >= 11 is 5.27. The first-order valence-corrected chi connectivity index (χ1v) is 8.53. The minimum absolute atomic E-state index is 0.162. The van der Waals surface area contributed by atoms with Crippen molar-refractivity contribution in [1.29, 1.82) is 0 Å². The lowest BCUT2D eigenvalue weighted by Crippen LogP contribution is -2.30. The molecule has 7 heteroatoms. The molecule has 0 fully saturated rings. The summed E-state index contributed by atoms with van der Waals surface area (Å²) in [5.41, 5.74) is 2.46. The Morgan fingerprint density at radius 1 is 1.00 bits per heavy atom. The van der Waals surface area contributed by atoms with Gasteiger partial charge < -0.3 is 20.7 Å². The van der Waals surface area contributed by atoms with Crippen LogP contribution in [0.2, 0.25) is 0 Å². The molecule has 0 aliphatic heterocycles. The molecule has 0 aliphatic rings. The van der Waals surface area contributed by atoms with Gasteiger partial charge in [-0.25, -0.2) is 0 Å². The lowest BCUT2D eigenvalue weighted by atomic mass is 10.1. The zero-order valence-corrected chi connectivity index (χ0v) is 15.3. The highest BCUT2D eigenvalue weighted by molar-refractivity contribution is 7.80. The van der Waals surface area contributed by atoms with Crippen LogP contribution in [-0.4, -0.2) is 37.2 Å². The number of carbonyl (C=O) groups is 2. The summed E-state index contributed by atoms with van der Waals surface area (Å²) in [6, 6.07) is 17.0. The molecule has 136 valence electrons. The second-order valence-corrected chi connectivity index (χ2v) is 5.86. The van der Waals surface area contributed by atoms with Crippen molar-refractivity contribution >= 4 is 34.9 Å². The number of methoxy groups -OCH3 is 1. The van der Waals surface area contributed by atoms with E-state index in [4.69, 9.17) is 12.2 Å². The van der Waals surface area contributed by atoms with E-state index in [0.29, 0.717) is 10.7 Å². The third kappa shape index (κ3) is 6.52. The van der Waals surface area contributed by atoms with E-state index < -0.39 is 5.97 Å². The van der Waals surface area contributed by atoms with Crippen LogP contribution in [0.25, 0.3) is 0 Å². The van der Waals surface area contributed by atoms with Crippen molar-refractivity contribution in [3.05, 3.63) is 65.7 Å². The Kier molecular flexibility index (Phi) is 7.57. The number of thiocarbonyl (C=S) groups is 1. The number of ether oxygens (including phenoxy) is 1. The maximum absolute atomic E-state index is 11.9. The minimum atomic E-state index is -0.497. The fraction of sp³-hybridized carbons (Fsp3) is 0.211. The van der Waals surface area contributed by atoms with Crippen molar-refractivity contribution in [3.63, 3.8) is 0 Å². The number of hydrogen-bond acceptors (Lipinski definition) is 4. The van der Waals surface area contributed by atoms with Crippen molar-refractivity contribution in [1.82, 2.24) is 10.6 Å². The van der Waals surface area contributed by atoms with Crippen molar-refractivity contribution < 1.29 is 14.3 Å². The molecule has 2 rings (SSSR count). The van der Waals surface area contributed by atoms with Crippen LogP contribution in [0, 0.1) is 0 Å². The van der Waals surface area contributed by atoms with Crippen LogP contribution >= 0.6 is 12.2 Å². The second kappa shape index (κ2) is 10.1. The maximum atomic E-state index is 11.9. The molecule has 2 aromatic carbocycles. The highest BCUT2D eigenvalue weighted by Crippen LogP contribution is 2.09. The van der Waals surface area contributed by atoms with Crippen LogP contribution in [0.15, 0.2) is 54.6 Å². The zero-order valence-electron chi connectivity index (χ0n) is 14.5. The molecule has 0 atom stereocenters. The van der Waals surface area contributed by atoms with Gasteiger partial charge in [0.2, 0.25) is 0 Å². The Bertz CT molecular complexity index is 748. The molecule has 6 nitrogen and oxygen atoms in total. The Labute approximate surface area is 157 Å². The lowest BCUT2D eigenvalue weighted by molar-refractivity contribution is -0.139. The molecule has 0 spiro atoms. The van der Waals surface area contributed by atoms with E-state index >= 15 is 0 Å². The van der Waals surface area contributed by atoms with Crippen LogP contribution in [0.4, 0.5) is 5.69 Å². The number of amides is 1. The summed E-state index contributed by atoms with van der Waals surface area (Å²) in [4.78, 5) is 22.9. The fourth-order valence-corrected chi connectivity index (χ4v) is 2.39. The molecule has 0 unspecified atom stereocenters. The summed E-state index contributed by atoms with van der Waals surface area (Å²) in [6.07, 6.45) is 0.877. The van der Waals surface area contributed by atoms with Crippen molar-refractivity contribution in [2.24, 2.45) is 0 Å². The van der Waals surface area contributed by atoms with Crippen LogP contribution in [0.1, 0.15) is 15.9 Å². The molecule has 0 heterocycles. The minimum Gasteiger partial charge on any atom is -0.468 e. The van der Waals surface area contributed by atoms with Gasteiger partial charge >= 0.3 is 5.97 Å². The van der Waals surface area contributed by atoms with Gasteiger partial charge in [0.1, 0.15) is 6.54 Å². The normalized spacial score (nSPS) is 9.88. The second-order valence-electron chi connectivity index (χ2n) is 5.45. The predicted molar refractivity (Wildman–Crippen MR) is 105 cm³/mol. The van der Waals surface area contributed by atoms with Crippen molar-refractivity contribution in [2.45, 2.75) is 6.42 Å². The maximum Gasteiger partial charge on any atom is 0.325 e. The quantitative estimate of drug-likeness (QED) is 0.511. The zero-order chi connectivity index (χ0) is 18.8. The number of rotatable bonds is 7. The average molecular weight is 371 g/mol. The Hall–Kier alpha value is -2.93. The van der Waals surface area contributed by atoms with Crippen molar-refractivity contribution in [2.75, 3.05) is 25.5 Å². The first kappa shape index (κ1) is 19.4. The van der Waals surface area contributed by atoms with Crippen LogP contribution < -0.4 is 16.0 Å². The van der Waals surface area contributed by atoms with Gasteiger partial charge in [-0.2, -0.15) is 0 Å². The van der Waals surface area contributed by atoms with Gasteiger partial charge in [0.15, 0.2) is 5.11 Å². The molecule has 26 heavy (non-hydrogen) atoms. The summed E-state index contributed by atoms with van der Waals surface area (Å²) in [6.45, 7) is 0.564. The van der Waals surface area contributed by atoms with E-state index in [9.17, 15) is 9.59 Å². The molecule has 0 saturated carbocycles. The van der Waals surface area contributed by atoms with E-state index in [1.807, 2.05) is 18.2 Å². The first-order valence-electron chi connectivity index (χ1n) is 8.12. The van der Waals surface area contributed by atoms with Crippen LogP contribution in [-0.2, 0) is 16.0 Å². The van der Waals surface area contributed by atoms with Gasteiger partial charge in [0.05, 0.1) is 7.11 Å². The third-order valence-electron chi connectivity index (χ3n) is 3.57. The Morgan fingerprint density at radius 2 is 1.69 bits per heavy atom. The molecule has 0 aromatic heterocycles. The van der Waals surface area contributed by atoms with Crippen molar-refractivity contribution in [3.8, 4) is 0 Å². The number of benzene rings is 2. The van der Waals surface area contributed by atoms with E-state index in [1.165, 1.54) is 12.7 Å². The first-order chi connectivity index (χ1) is 12.6. The molecule has 0 bridgehead atoms. The summed E-state index contributed by atoms with van der Waals surface area (Å²) in [5.74, 6) is -0.839. The number of carbonyl (C=O) groups excluding carboxylic acids is 2. The lowest BCUT2D eigenvalue weighted by Gasteiger charge is -2.11. The van der Waals surface area contributed by atoms with Crippen LogP contribution in [0.5, 0.6) is 0 Å². The highest BCUT2D eigenvalue weighted by atomic mass is 32.1. The van der Waals surface area contributed by atoms with E-state index in [-0.39, 0.29) is 12.5 Å². The van der Waals surface area contributed by atoms with Gasteiger partial charge in [0.25, 0.3) is 5.91 Å². The summed E-state index contributed by atoms with van der Waals surface area (Å²) < 4.78 is 4.47. The molecule has 3 N–H and O–H groups in total. The Morgan fingerprint density at radius 3 is 2.35 bits per heavy atom. The molecule has 0 aliphatic carbocycles. The molecule has 2 aromatic rings.